The molecule has 1 heterocycles. The van der Waals surface area contributed by atoms with E-state index in [2.05, 4.69) is 213 Å². The molecule has 0 atom stereocenters. The molecule has 2 heteroatoms. The lowest BCUT2D eigenvalue weighted by molar-refractivity contribution is 0.660. The lowest BCUT2D eigenvalue weighted by atomic mass is 9.82. The van der Waals surface area contributed by atoms with Crippen LogP contribution < -0.4 is 4.90 Å². The average Bonchev–Trinajstić information content (AvgIpc) is 3.76. The van der Waals surface area contributed by atoms with E-state index in [-0.39, 0.29) is 5.41 Å². The summed E-state index contributed by atoms with van der Waals surface area (Å²) < 4.78 is 6.69. The molecule has 0 N–H and O–H groups in total. The van der Waals surface area contributed by atoms with Gasteiger partial charge in [-0.1, -0.05) is 178 Å². The first-order valence-corrected chi connectivity index (χ1v) is 19.8. The Balaban J connectivity index is 1.07. The largest absolute Gasteiger partial charge is 0.454 e. The van der Waals surface area contributed by atoms with Crippen molar-refractivity contribution in [2.45, 2.75) is 19.3 Å². The molecule has 0 saturated carbocycles. The van der Waals surface area contributed by atoms with Crippen LogP contribution in [0.2, 0.25) is 0 Å². The van der Waals surface area contributed by atoms with Crippen LogP contribution in [0.5, 0.6) is 0 Å². The minimum Gasteiger partial charge on any atom is -0.454 e. The molecule has 0 aliphatic heterocycles. The van der Waals surface area contributed by atoms with E-state index in [1.165, 1.54) is 66.4 Å². The lowest BCUT2D eigenvalue weighted by Gasteiger charge is -2.28. The fraction of sp³-hybridized carbons (Fsp3) is 0.0545. The normalized spacial score (nSPS) is 12.9. The number of benzene rings is 9. The zero-order valence-electron chi connectivity index (χ0n) is 31.9. The minimum absolute atomic E-state index is 0.130. The van der Waals surface area contributed by atoms with E-state index >= 15 is 0 Å². The van der Waals surface area contributed by atoms with Gasteiger partial charge in [-0.15, -0.1) is 0 Å². The van der Waals surface area contributed by atoms with E-state index in [1.54, 1.807) is 0 Å². The van der Waals surface area contributed by atoms with Gasteiger partial charge < -0.3 is 9.32 Å². The van der Waals surface area contributed by atoms with Gasteiger partial charge >= 0.3 is 0 Å². The number of furan rings is 1. The fourth-order valence-corrected chi connectivity index (χ4v) is 9.24. The Labute approximate surface area is 332 Å². The van der Waals surface area contributed by atoms with E-state index in [1.807, 2.05) is 6.07 Å². The van der Waals surface area contributed by atoms with Crippen LogP contribution in [-0.2, 0) is 5.41 Å². The van der Waals surface area contributed by atoms with Crippen molar-refractivity contribution in [3.05, 3.63) is 211 Å². The molecular formula is C55H39NO. The molecule has 0 radical (unpaired) electrons. The molecule has 11 rings (SSSR count). The zero-order valence-corrected chi connectivity index (χ0v) is 31.9. The van der Waals surface area contributed by atoms with Crippen LogP contribution in [0, 0.1) is 0 Å². The molecule has 0 unspecified atom stereocenters. The van der Waals surface area contributed by atoms with Crippen LogP contribution in [0.1, 0.15) is 25.0 Å². The highest BCUT2D eigenvalue weighted by Crippen LogP contribution is 2.51. The van der Waals surface area contributed by atoms with Gasteiger partial charge in [-0.2, -0.15) is 0 Å². The topological polar surface area (TPSA) is 16.4 Å². The lowest BCUT2D eigenvalue weighted by Crippen LogP contribution is -2.16. The average molecular weight is 730 g/mol. The van der Waals surface area contributed by atoms with Crippen molar-refractivity contribution >= 4 is 49.8 Å². The Bertz CT molecular complexity index is 3130. The van der Waals surface area contributed by atoms with E-state index in [0.29, 0.717) is 0 Å². The SMILES string of the molecule is CC1(C)c2ccccc2-c2ccc(N(c3ccc(-c4ccc5ccccc5c4-c4ccc(-c5ccccc5)cc4)cc3)c3cccc4c3oc3ccccc34)cc21. The molecule has 57 heavy (non-hydrogen) atoms. The number of hydrogen-bond donors (Lipinski definition) is 0. The van der Waals surface area contributed by atoms with Gasteiger partial charge in [0.15, 0.2) is 5.58 Å². The van der Waals surface area contributed by atoms with E-state index in [9.17, 15) is 0 Å². The van der Waals surface area contributed by atoms with Crippen molar-refractivity contribution in [2.75, 3.05) is 4.90 Å². The number of nitrogens with zero attached hydrogens (tertiary/aromatic N) is 1. The highest BCUT2D eigenvalue weighted by molar-refractivity contribution is 6.10. The first kappa shape index (κ1) is 33.2. The summed E-state index contributed by atoms with van der Waals surface area (Å²) in [7, 11) is 0. The fourth-order valence-electron chi connectivity index (χ4n) is 9.24. The van der Waals surface area contributed by atoms with Crippen LogP contribution in [0.3, 0.4) is 0 Å². The summed E-state index contributed by atoms with van der Waals surface area (Å²) in [4.78, 5) is 2.37. The van der Waals surface area contributed by atoms with Crippen LogP contribution >= 0.6 is 0 Å². The van der Waals surface area contributed by atoms with Crippen LogP contribution in [0.4, 0.5) is 17.1 Å². The second kappa shape index (κ2) is 13.0. The standard InChI is InChI=1S/C55H39NO/c1-55(2)49-20-10-8-17-45(49)46-34-32-42(35-50(46)55)56(51-21-12-19-48-47-18-9-11-22-52(47)57-54(48)51)41-30-27-39(28-31-41)44-33-29-38-15-6-7-16-43(38)53(44)40-25-23-37(24-26-40)36-13-4-3-5-14-36/h3-35H,1-2H3. The highest BCUT2D eigenvalue weighted by Gasteiger charge is 2.36. The van der Waals surface area contributed by atoms with Gasteiger partial charge in [-0.25, -0.2) is 0 Å². The molecule has 1 aliphatic rings. The quantitative estimate of drug-likeness (QED) is 0.169. The van der Waals surface area contributed by atoms with Crippen LogP contribution in [0.25, 0.3) is 77.2 Å². The Morgan fingerprint density at radius 1 is 0.404 bits per heavy atom. The van der Waals surface area contributed by atoms with E-state index in [0.717, 1.165) is 39.0 Å². The number of rotatable bonds is 6. The third kappa shape index (κ3) is 5.33. The van der Waals surface area contributed by atoms with Gasteiger partial charge in [0.1, 0.15) is 5.58 Å². The summed E-state index contributed by atoms with van der Waals surface area (Å²) in [5.41, 5.74) is 17.4. The predicted molar refractivity (Wildman–Crippen MR) is 240 cm³/mol. The van der Waals surface area contributed by atoms with Crippen molar-refractivity contribution in [3.63, 3.8) is 0 Å². The monoisotopic (exact) mass is 729 g/mol. The maximum Gasteiger partial charge on any atom is 0.159 e. The zero-order chi connectivity index (χ0) is 38.1. The summed E-state index contributed by atoms with van der Waals surface area (Å²) in [5.74, 6) is 0. The first-order valence-electron chi connectivity index (χ1n) is 19.8. The van der Waals surface area contributed by atoms with Crippen molar-refractivity contribution in [1.29, 1.82) is 0 Å². The van der Waals surface area contributed by atoms with Gasteiger partial charge in [0.25, 0.3) is 0 Å². The molecule has 0 amide bonds. The molecule has 9 aromatic carbocycles. The van der Waals surface area contributed by atoms with E-state index < -0.39 is 0 Å². The van der Waals surface area contributed by atoms with Crippen molar-refractivity contribution in [3.8, 4) is 44.5 Å². The van der Waals surface area contributed by atoms with Gasteiger partial charge in [-0.05, 0) is 103 Å². The maximum absolute atomic E-state index is 6.69. The number of hydrogen-bond acceptors (Lipinski definition) is 2. The third-order valence-electron chi connectivity index (χ3n) is 12.1. The van der Waals surface area contributed by atoms with Crippen molar-refractivity contribution in [2.24, 2.45) is 0 Å². The Morgan fingerprint density at radius 3 is 1.86 bits per heavy atom. The number of para-hydroxylation sites is 2. The molecule has 2 nitrogen and oxygen atoms in total. The molecule has 0 saturated heterocycles. The summed E-state index contributed by atoms with van der Waals surface area (Å²) in [6, 6.07) is 72.6. The smallest absolute Gasteiger partial charge is 0.159 e. The summed E-state index contributed by atoms with van der Waals surface area (Å²) in [5, 5.41) is 4.70. The van der Waals surface area contributed by atoms with E-state index in [4.69, 9.17) is 4.42 Å². The van der Waals surface area contributed by atoms with Gasteiger partial charge in [0, 0.05) is 27.6 Å². The minimum atomic E-state index is -0.130. The molecule has 0 spiro atoms. The first-order chi connectivity index (χ1) is 28.0. The molecule has 1 aromatic heterocycles. The summed E-state index contributed by atoms with van der Waals surface area (Å²) in [6.45, 7) is 4.69. The molecule has 270 valence electrons. The third-order valence-corrected chi connectivity index (χ3v) is 12.1. The van der Waals surface area contributed by atoms with Crippen molar-refractivity contribution < 1.29 is 4.42 Å². The van der Waals surface area contributed by atoms with Gasteiger partial charge in [0.05, 0.1) is 5.69 Å². The Hall–Kier alpha value is -7.16. The van der Waals surface area contributed by atoms with Gasteiger partial charge in [-0.3, -0.25) is 0 Å². The second-order valence-corrected chi connectivity index (χ2v) is 15.7. The maximum atomic E-state index is 6.69. The van der Waals surface area contributed by atoms with Crippen LogP contribution in [-0.4, -0.2) is 0 Å². The highest BCUT2D eigenvalue weighted by atomic mass is 16.3. The predicted octanol–water partition coefficient (Wildman–Crippen LogP) is 15.5. The molecule has 1 aliphatic carbocycles. The van der Waals surface area contributed by atoms with Crippen LogP contribution in [0.15, 0.2) is 205 Å². The molecular weight excluding hydrogens is 691 g/mol. The second-order valence-electron chi connectivity index (χ2n) is 15.7. The molecule has 0 fully saturated rings. The Morgan fingerprint density at radius 2 is 1.02 bits per heavy atom. The van der Waals surface area contributed by atoms with Crippen molar-refractivity contribution in [1.82, 2.24) is 0 Å². The molecule has 10 aromatic rings. The number of anilines is 3. The molecule has 0 bridgehead atoms. The summed E-state index contributed by atoms with van der Waals surface area (Å²) >= 11 is 0. The van der Waals surface area contributed by atoms with Gasteiger partial charge in [0.2, 0.25) is 0 Å². The number of fused-ring (bicyclic) bond motifs is 7. The summed E-state index contributed by atoms with van der Waals surface area (Å²) in [6.07, 6.45) is 0. The Kier molecular flexibility index (Phi) is 7.55.